The fraction of sp³-hybridized carbons (Fsp3) is 0.647. The summed E-state index contributed by atoms with van der Waals surface area (Å²) in [5.41, 5.74) is 4.32. The number of hydrogen-bond donors (Lipinski definition) is 1. The van der Waals surface area contributed by atoms with Crippen LogP contribution in [0.2, 0.25) is 0 Å². The molecule has 0 radical (unpaired) electrons. The molecule has 116 valence electrons. The fourth-order valence-electron chi connectivity index (χ4n) is 3.39. The summed E-state index contributed by atoms with van der Waals surface area (Å²) in [4.78, 5) is 5.01. The van der Waals surface area contributed by atoms with E-state index in [1.807, 2.05) is 0 Å². The van der Waals surface area contributed by atoms with Crippen molar-refractivity contribution in [3.63, 3.8) is 0 Å². The molecular weight excluding hydrogens is 262 g/mol. The third-order valence-corrected chi connectivity index (χ3v) is 4.74. The van der Waals surface area contributed by atoms with Gasteiger partial charge in [-0.2, -0.15) is 0 Å². The molecule has 0 amide bonds. The normalized spacial score (nSPS) is 20.3. The molecule has 1 saturated heterocycles. The molecule has 4 heteroatoms. The Labute approximate surface area is 128 Å². The summed E-state index contributed by atoms with van der Waals surface area (Å²) in [5.74, 6) is 1.06. The molecule has 1 aromatic rings. The van der Waals surface area contributed by atoms with E-state index in [2.05, 4.69) is 34.2 Å². The molecule has 2 heterocycles. The van der Waals surface area contributed by atoms with Gasteiger partial charge in [0, 0.05) is 51.4 Å². The predicted molar refractivity (Wildman–Crippen MR) is 85.8 cm³/mol. The van der Waals surface area contributed by atoms with Crippen LogP contribution in [0.1, 0.15) is 23.6 Å². The van der Waals surface area contributed by atoms with Crippen LogP contribution < -0.4 is 10.1 Å². The van der Waals surface area contributed by atoms with Crippen LogP contribution in [0, 0.1) is 0 Å². The number of nitrogens with one attached hydrogen (secondary N) is 1. The van der Waals surface area contributed by atoms with Crippen molar-refractivity contribution in [3.8, 4) is 5.75 Å². The van der Waals surface area contributed by atoms with Gasteiger partial charge in [-0.05, 0) is 30.2 Å². The molecule has 1 fully saturated rings. The van der Waals surface area contributed by atoms with Crippen molar-refractivity contribution in [3.05, 3.63) is 28.8 Å². The molecule has 2 aliphatic rings. The van der Waals surface area contributed by atoms with Crippen LogP contribution in [0.3, 0.4) is 0 Å². The minimum absolute atomic E-state index is 1.01. The topological polar surface area (TPSA) is 27.7 Å². The lowest BCUT2D eigenvalue weighted by atomic mass is 9.96. The lowest BCUT2D eigenvalue weighted by Gasteiger charge is -2.31. The van der Waals surface area contributed by atoms with Gasteiger partial charge >= 0.3 is 0 Å². The summed E-state index contributed by atoms with van der Waals surface area (Å²) in [7, 11) is 1.80. The van der Waals surface area contributed by atoms with Gasteiger partial charge in [-0.3, -0.25) is 9.80 Å². The third-order valence-electron chi connectivity index (χ3n) is 4.74. The van der Waals surface area contributed by atoms with Crippen molar-refractivity contribution >= 4 is 0 Å². The maximum Gasteiger partial charge on any atom is 0.123 e. The maximum absolute atomic E-state index is 5.66. The van der Waals surface area contributed by atoms with Gasteiger partial charge in [-0.25, -0.2) is 0 Å². The Morgan fingerprint density at radius 2 is 1.90 bits per heavy atom. The number of methoxy groups -OCH3 is 1. The lowest BCUT2D eigenvalue weighted by Crippen LogP contribution is -2.43. The van der Waals surface area contributed by atoms with Gasteiger partial charge in [-0.15, -0.1) is 0 Å². The largest absolute Gasteiger partial charge is 0.496 e. The number of likely N-dealkylation sites (N-methyl/N-ethyl adjacent to an activating group) is 1. The van der Waals surface area contributed by atoms with Crippen LogP contribution in [0.5, 0.6) is 5.75 Å². The highest BCUT2D eigenvalue weighted by molar-refractivity contribution is 5.44. The third kappa shape index (κ3) is 3.39. The van der Waals surface area contributed by atoms with Gasteiger partial charge in [0.2, 0.25) is 0 Å². The average molecular weight is 289 g/mol. The smallest absolute Gasteiger partial charge is 0.123 e. The first-order valence-electron chi connectivity index (χ1n) is 8.14. The van der Waals surface area contributed by atoms with Crippen LogP contribution in [0.4, 0.5) is 0 Å². The van der Waals surface area contributed by atoms with E-state index in [0.717, 1.165) is 51.6 Å². The quantitative estimate of drug-likeness (QED) is 0.908. The number of fused-ring (bicyclic) bond motifs is 1. The summed E-state index contributed by atoms with van der Waals surface area (Å²) in [6.45, 7) is 11.1. The van der Waals surface area contributed by atoms with Crippen molar-refractivity contribution in [2.45, 2.75) is 26.4 Å². The van der Waals surface area contributed by atoms with Crippen molar-refractivity contribution in [1.82, 2.24) is 15.1 Å². The second-order valence-corrected chi connectivity index (χ2v) is 6.08. The van der Waals surface area contributed by atoms with Crippen LogP contribution in [-0.4, -0.2) is 56.2 Å². The van der Waals surface area contributed by atoms with E-state index < -0.39 is 0 Å². The Morgan fingerprint density at radius 3 is 2.62 bits per heavy atom. The maximum atomic E-state index is 5.66. The van der Waals surface area contributed by atoms with E-state index >= 15 is 0 Å². The summed E-state index contributed by atoms with van der Waals surface area (Å²) in [5, 5.41) is 3.41. The highest BCUT2D eigenvalue weighted by atomic mass is 16.5. The molecule has 0 aliphatic carbocycles. The van der Waals surface area contributed by atoms with E-state index in [4.69, 9.17) is 4.74 Å². The van der Waals surface area contributed by atoms with Crippen molar-refractivity contribution in [2.24, 2.45) is 0 Å². The zero-order valence-electron chi connectivity index (χ0n) is 13.3. The summed E-state index contributed by atoms with van der Waals surface area (Å²) >= 11 is 0. The Balaban J connectivity index is 1.80. The van der Waals surface area contributed by atoms with Crippen LogP contribution in [0.25, 0.3) is 0 Å². The first-order chi connectivity index (χ1) is 10.3. The second-order valence-electron chi connectivity index (χ2n) is 6.08. The van der Waals surface area contributed by atoms with Crippen molar-refractivity contribution < 1.29 is 4.74 Å². The minimum atomic E-state index is 1.01. The Hall–Kier alpha value is -1.10. The highest BCUT2D eigenvalue weighted by Crippen LogP contribution is 2.29. The number of hydrogen-bond acceptors (Lipinski definition) is 4. The Kier molecular flexibility index (Phi) is 4.78. The minimum Gasteiger partial charge on any atom is -0.496 e. The first-order valence-corrected chi connectivity index (χ1v) is 8.14. The molecule has 0 aromatic heterocycles. The SMILES string of the molecule is CCN1CCc2cc(CN3CCNCC3)c(OC)cc2C1. The standard InChI is InChI=1S/C17H27N3O/c1-3-19-7-4-14-10-16(13-20-8-5-18-6-9-20)17(21-2)11-15(14)12-19/h10-11,18H,3-9,12-13H2,1-2H3. The van der Waals surface area contributed by atoms with Gasteiger partial charge < -0.3 is 10.1 Å². The molecule has 21 heavy (non-hydrogen) atoms. The molecule has 1 aromatic carbocycles. The van der Waals surface area contributed by atoms with E-state index in [9.17, 15) is 0 Å². The van der Waals surface area contributed by atoms with E-state index in [0.29, 0.717) is 0 Å². The molecule has 3 rings (SSSR count). The predicted octanol–water partition coefficient (Wildman–Crippen LogP) is 1.48. The number of benzene rings is 1. The van der Waals surface area contributed by atoms with Gasteiger partial charge in [0.25, 0.3) is 0 Å². The van der Waals surface area contributed by atoms with Crippen molar-refractivity contribution in [1.29, 1.82) is 0 Å². The van der Waals surface area contributed by atoms with E-state index in [1.54, 1.807) is 7.11 Å². The van der Waals surface area contributed by atoms with Crippen LogP contribution >= 0.6 is 0 Å². The first kappa shape index (κ1) is 14.8. The lowest BCUT2D eigenvalue weighted by molar-refractivity contribution is 0.229. The number of piperazine rings is 1. The van der Waals surface area contributed by atoms with E-state index in [-0.39, 0.29) is 0 Å². The van der Waals surface area contributed by atoms with Gasteiger partial charge in [-0.1, -0.05) is 13.0 Å². The zero-order chi connectivity index (χ0) is 14.7. The number of nitrogens with zero attached hydrogens (tertiary/aromatic N) is 2. The molecular formula is C17H27N3O. The summed E-state index contributed by atoms with van der Waals surface area (Å²) in [6, 6.07) is 4.66. The Morgan fingerprint density at radius 1 is 1.10 bits per heavy atom. The van der Waals surface area contributed by atoms with Crippen LogP contribution in [0.15, 0.2) is 12.1 Å². The molecule has 0 saturated carbocycles. The molecule has 0 atom stereocenters. The second kappa shape index (κ2) is 6.77. The van der Waals surface area contributed by atoms with Crippen molar-refractivity contribution in [2.75, 3.05) is 46.4 Å². The van der Waals surface area contributed by atoms with Gasteiger partial charge in [0.1, 0.15) is 5.75 Å². The monoisotopic (exact) mass is 289 g/mol. The summed E-state index contributed by atoms with van der Waals surface area (Å²) in [6.07, 6.45) is 1.17. The number of rotatable bonds is 4. The van der Waals surface area contributed by atoms with Gasteiger partial charge in [0.15, 0.2) is 0 Å². The molecule has 2 aliphatic heterocycles. The van der Waals surface area contributed by atoms with E-state index in [1.165, 1.54) is 29.7 Å². The number of ether oxygens (including phenoxy) is 1. The zero-order valence-corrected chi connectivity index (χ0v) is 13.3. The molecule has 1 N–H and O–H groups in total. The molecule has 0 bridgehead atoms. The fourth-order valence-corrected chi connectivity index (χ4v) is 3.39. The molecule has 0 spiro atoms. The Bertz CT molecular complexity index is 483. The molecule has 0 unspecified atom stereocenters. The highest BCUT2D eigenvalue weighted by Gasteiger charge is 2.19. The average Bonchev–Trinajstić information content (AvgIpc) is 2.54. The van der Waals surface area contributed by atoms with Crippen LogP contribution in [-0.2, 0) is 19.5 Å². The molecule has 4 nitrogen and oxygen atoms in total. The van der Waals surface area contributed by atoms with Gasteiger partial charge in [0.05, 0.1) is 7.11 Å². The summed E-state index contributed by atoms with van der Waals surface area (Å²) < 4.78 is 5.66.